The topological polar surface area (TPSA) is 33.2 Å². The summed E-state index contributed by atoms with van der Waals surface area (Å²) in [6.45, 7) is 0.605. The van der Waals surface area contributed by atoms with Gasteiger partial charge in [-0.2, -0.15) is 0 Å². The van der Waals surface area contributed by atoms with Gasteiger partial charge in [-0.05, 0) is 25.0 Å². The summed E-state index contributed by atoms with van der Waals surface area (Å²) in [4.78, 5) is 18.5. The second kappa shape index (κ2) is 5.50. The van der Waals surface area contributed by atoms with Crippen LogP contribution >= 0.6 is 22.9 Å². The third kappa shape index (κ3) is 2.31. The largest absolute Gasteiger partial charge is 0.329 e. The van der Waals surface area contributed by atoms with Gasteiger partial charge in [0.05, 0.1) is 16.6 Å². The molecule has 2 heterocycles. The third-order valence-electron chi connectivity index (χ3n) is 3.43. The van der Waals surface area contributed by atoms with Crippen molar-refractivity contribution in [3.63, 3.8) is 0 Å². The zero-order valence-electron chi connectivity index (χ0n) is 10.6. The zero-order valence-corrected chi connectivity index (χ0v) is 12.1. The minimum atomic E-state index is -0.577. The number of aromatic nitrogens is 1. The normalized spacial score (nSPS) is 18.5. The molecule has 3 rings (SSSR count). The van der Waals surface area contributed by atoms with Gasteiger partial charge in [0.1, 0.15) is 10.8 Å². The maximum absolute atomic E-state index is 13.9. The molecule has 6 heteroatoms. The number of halogens is 2. The monoisotopic (exact) mass is 310 g/mol. The number of amides is 1. The van der Waals surface area contributed by atoms with Gasteiger partial charge in [0, 0.05) is 18.1 Å². The summed E-state index contributed by atoms with van der Waals surface area (Å²) < 4.78 is 13.9. The van der Waals surface area contributed by atoms with Crippen LogP contribution in [0.4, 0.5) is 4.39 Å². The van der Waals surface area contributed by atoms with E-state index in [0.717, 1.165) is 17.8 Å². The van der Waals surface area contributed by atoms with Crippen molar-refractivity contribution in [2.24, 2.45) is 0 Å². The number of hydrogen-bond acceptors (Lipinski definition) is 3. The van der Waals surface area contributed by atoms with Gasteiger partial charge in [0.25, 0.3) is 5.91 Å². The summed E-state index contributed by atoms with van der Waals surface area (Å²) in [7, 11) is 0. The van der Waals surface area contributed by atoms with Crippen molar-refractivity contribution in [1.82, 2.24) is 9.88 Å². The van der Waals surface area contributed by atoms with Crippen LogP contribution in [0.1, 0.15) is 34.2 Å². The van der Waals surface area contributed by atoms with Crippen molar-refractivity contribution in [3.8, 4) is 0 Å². The van der Waals surface area contributed by atoms with E-state index >= 15 is 0 Å². The molecular weight excluding hydrogens is 299 g/mol. The van der Waals surface area contributed by atoms with E-state index in [1.807, 2.05) is 5.38 Å². The standard InChI is InChI=1S/C14H12ClFN2OS/c15-9-3-1-4-10(16)12(9)14(19)18-7-2-5-11(18)13-17-6-8-20-13/h1,3-4,6,8,11H,2,5,7H2. The molecule has 0 radical (unpaired) electrons. The molecule has 3 nitrogen and oxygen atoms in total. The Kier molecular flexibility index (Phi) is 3.72. The van der Waals surface area contributed by atoms with Gasteiger partial charge < -0.3 is 4.90 Å². The van der Waals surface area contributed by atoms with Crippen LogP contribution in [-0.2, 0) is 0 Å². The zero-order chi connectivity index (χ0) is 14.1. The lowest BCUT2D eigenvalue weighted by atomic mass is 10.1. The van der Waals surface area contributed by atoms with Crippen LogP contribution in [0, 0.1) is 5.82 Å². The molecule has 0 bridgehead atoms. The maximum Gasteiger partial charge on any atom is 0.258 e. The summed E-state index contributed by atoms with van der Waals surface area (Å²) in [5.41, 5.74) is -0.0439. The van der Waals surface area contributed by atoms with Gasteiger partial charge in [0.15, 0.2) is 0 Å². The van der Waals surface area contributed by atoms with Gasteiger partial charge in [-0.1, -0.05) is 17.7 Å². The van der Waals surface area contributed by atoms with Crippen molar-refractivity contribution >= 4 is 28.8 Å². The second-order valence-electron chi connectivity index (χ2n) is 4.62. The summed E-state index contributed by atoms with van der Waals surface area (Å²) in [5.74, 6) is -0.932. The van der Waals surface area contributed by atoms with Crippen LogP contribution in [0.15, 0.2) is 29.8 Å². The van der Waals surface area contributed by atoms with Gasteiger partial charge in [-0.3, -0.25) is 4.79 Å². The van der Waals surface area contributed by atoms with E-state index in [9.17, 15) is 9.18 Å². The van der Waals surface area contributed by atoms with Gasteiger partial charge in [-0.25, -0.2) is 9.37 Å². The van der Waals surface area contributed by atoms with E-state index < -0.39 is 5.82 Å². The molecule has 0 aliphatic carbocycles. The Hall–Kier alpha value is -1.46. The van der Waals surface area contributed by atoms with Gasteiger partial charge in [0.2, 0.25) is 0 Å². The molecule has 1 unspecified atom stereocenters. The minimum Gasteiger partial charge on any atom is -0.329 e. The fraction of sp³-hybridized carbons (Fsp3) is 0.286. The lowest BCUT2D eigenvalue weighted by Crippen LogP contribution is -2.31. The van der Waals surface area contributed by atoms with E-state index in [1.54, 1.807) is 11.1 Å². The number of likely N-dealkylation sites (tertiary alicyclic amines) is 1. The van der Waals surface area contributed by atoms with Crippen LogP contribution in [0.5, 0.6) is 0 Å². The van der Waals surface area contributed by atoms with Crippen LogP contribution in [0.2, 0.25) is 5.02 Å². The third-order valence-corrected chi connectivity index (χ3v) is 4.62. The summed E-state index contributed by atoms with van der Waals surface area (Å²) in [6.07, 6.45) is 3.46. The van der Waals surface area contributed by atoms with Crippen LogP contribution < -0.4 is 0 Å². The highest BCUT2D eigenvalue weighted by molar-refractivity contribution is 7.09. The summed E-state index contributed by atoms with van der Waals surface area (Å²) in [5, 5.41) is 2.93. The predicted molar refractivity (Wildman–Crippen MR) is 76.5 cm³/mol. The molecule has 20 heavy (non-hydrogen) atoms. The van der Waals surface area contributed by atoms with E-state index in [4.69, 9.17) is 11.6 Å². The van der Waals surface area contributed by atoms with E-state index in [-0.39, 0.29) is 22.5 Å². The fourth-order valence-corrected chi connectivity index (χ4v) is 3.54. The highest BCUT2D eigenvalue weighted by Gasteiger charge is 2.34. The Morgan fingerprint density at radius 3 is 3.05 bits per heavy atom. The summed E-state index contributed by atoms with van der Waals surface area (Å²) >= 11 is 7.49. The van der Waals surface area contributed by atoms with Gasteiger partial charge >= 0.3 is 0 Å². The molecule has 1 aliphatic rings. The molecule has 1 saturated heterocycles. The first kappa shape index (κ1) is 13.5. The SMILES string of the molecule is O=C(c1c(F)cccc1Cl)N1CCCC1c1nccs1. The molecule has 1 aromatic carbocycles. The molecule has 1 atom stereocenters. The second-order valence-corrected chi connectivity index (χ2v) is 5.96. The highest BCUT2D eigenvalue weighted by Crippen LogP contribution is 2.35. The maximum atomic E-state index is 13.9. The number of thiazole rings is 1. The Balaban J connectivity index is 1.94. The fourth-order valence-electron chi connectivity index (χ4n) is 2.51. The van der Waals surface area contributed by atoms with Crippen molar-refractivity contribution in [3.05, 3.63) is 51.2 Å². The molecule has 1 aliphatic heterocycles. The molecule has 1 fully saturated rings. The van der Waals surface area contributed by atoms with Crippen LogP contribution in [-0.4, -0.2) is 22.3 Å². The molecule has 2 aromatic rings. The number of carbonyl (C=O) groups is 1. The Labute approximate surface area is 125 Å². The van der Waals surface area contributed by atoms with Crippen LogP contribution in [0.25, 0.3) is 0 Å². The quantitative estimate of drug-likeness (QED) is 0.842. The van der Waals surface area contributed by atoms with Gasteiger partial charge in [-0.15, -0.1) is 11.3 Å². The molecule has 0 N–H and O–H groups in total. The summed E-state index contributed by atoms with van der Waals surface area (Å²) in [6, 6.07) is 4.22. The smallest absolute Gasteiger partial charge is 0.258 e. The van der Waals surface area contributed by atoms with Crippen molar-refractivity contribution in [2.75, 3.05) is 6.54 Å². The van der Waals surface area contributed by atoms with Crippen molar-refractivity contribution in [2.45, 2.75) is 18.9 Å². The predicted octanol–water partition coefficient (Wildman–Crippen LogP) is 3.91. The Morgan fingerprint density at radius 2 is 2.35 bits per heavy atom. The first-order valence-corrected chi connectivity index (χ1v) is 7.58. The molecule has 104 valence electrons. The Morgan fingerprint density at radius 1 is 1.50 bits per heavy atom. The molecule has 1 amide bonds. The Bertz CT molecular complexity index is 612. The number of nitrogens with zero attached hydrogens (tertiary/aromatic N) is 2. The number of hydrogen-bond donors (Lipinski definition) is 0. The van der Waals surface area contributed by atoms with E-state index in [2.05, 4.69) is 4.98 Å². The van der Waals surface area contributed by atoms with E-state index in [1.165, 1.54) is 29.5 Å². The molecule has 0 saturated carbocycles. The minimum absolute atomic E-state index is 0.0439. The van der Waals surface area contributed by atoms with Crippen molar-refractivity contribution < 1.29 is 9.18 Å². The lowest BCUT2D eigenvalue weighted by molar-refractivity contribution is 0.0731. The first-order chi connectivity index (χ1) is 9.68. The number of carbonyl (C=O) groups excluding carboxylic acids is 1. The van der Waals surface area contributed by atoms with Crippen molar-refractivity contribution in [1.29, 1.82) is 0 Å². The first-order valence-electron chi connectivity index (χ1n) is 6.33. The molecule has 0 spiro atoms. The number of rotatable bonds is 2. The highest BCUT2D eigenvalue weighted by atomic mass is 35.5. The number of benzene rings is 1. The van der Waals surface area contributed by atoms with E-state index in [0.29, 0.717) is 6.54 Å². The molecular formula is C14H12ClFN2OS. The van der Waals surface area contributed by atoms with Crippen LogP contribution in [0.3, 0.4) is 0 Å². The molecule has 1 aromatic heterocycles. The average molecular weight is 311 g/mol. The lowest BCUT2D eigenvalue weighted by Gasteiger charge is -2.23. The average Bonchev–Trinajstić information content (AvgIpc) is 3.09.